The van der Waals surface area contributed by atoms with Crippen molar-refractivity contribution in [1.29, 1.82) is 0 Å². The molecule has 0 atom stereocenters. The summed E-state index contributed by atoms with van der Waals surface area (Å²) in [6.45, 7) is -0.506. The number of sulfonamides is 1. The van der Waals surface area contributed by atoms with Crippen molar-refractivity contribution < 1.29 is 13.2 Å². The van der Waals surface area contributed by atoms with E-state index in [1.165, 1.54) is 24.4 Å². The van der Waals surface area contributed by atoms with Gasteiger partial charge in [0, 0.05) is 5.02 Å². The number of hydrazone groups is 1. The number of nitrogens with one attached hydrogen (secondary N) is 1. The van der Waals surface area contributed by atoms with Crippen LogP contribution in [0.4, 0.5) is 5.69 Å². The Labute approximate surface area is 184 Å². The smallest absolute Gasteiger partial charge is 0.264 e. The molecule has 0 saturated heterocycles. The summed E-state index contributed by atoms with van der Waals surface area (Å²) in [7, 11) is -4.04. The SMILES string of the molecule is O=C(CN(c1ccccc1Cl)S(=O)(=O)c1ccccc1)N/N=C\c1cccc(Cl)c1. The van der Waals surface area contributed by atoms with E-state index in [4.69, 9.17) is 23.2 Å². The summed E-state index contributed by atoms with van der Waals surface area (Å²) in [6, 6.07) is 21.1. The van der Waals surface area contributed by atoms with Gasteiger partial charge in [-0.3, -0.25) is 9.10 Å². The zero-order chi connectivity index (χ0) is 21.6. The minimum Gasteiger partial charge on any atom is -0.271 e. The second kappa shape index (κ2) is 9.75. The molecule has 30 heavy (non-hydrogen) atoms. The van der Waals surface area contributed by atoms with Gasteiger partial charge in [0.2, 0.25) is 0 Å². The Hall–Kier alpha value is -2.87. The lowest BCUT2D eigenvalue weighted by molar-refractivity contribution is -0.119. The second-order valence-electron chi connectivity index (χ2n) is 6.12. The predicted octanol–water partition coefficient (Wildman–Crippen LogP) is 4.34. The molecule has 0 radical (unpaired) electrons. The van der Waals surface area contributed by atoms with Crippen LogP contribution in [0.2, 0.25) is 10.0 Å². The van der Waals surface area contributed by atoms with Gasteiger partial charge in [-0.25, -0.2) is 13.8 Å². The minimum absolute atomic E-state index is 0.0418. The van der Waals surface area contributed by atoms with Crippen molar-refractivity contribution in [3.05, 3.63) is 94.5 Å². The molecular formula is C21H17Cl2N3O3S. The number of carbonyl (C=O) groups excluding carboxylic acids is 1. The summed E-state index contributed by atoms with van der Waals surface area (Å²) >= 11 is 12.1. The Morgan fingerprint density at radius 1 is 0.967 bits per heavy atom. The number of para-hydroxylation sites is 1. The molecule has 0 aliphatic carbocycles. The molecule has 1 N–H and O–H groups in total. The number of hydrogen-bond acceptors (Lipinski definition) is 4. The van der Waals surface area contributed by atoms with Crippen LogP contribution in [-0.4, -0.2) is 27.1 Å². The van der Waals surface area contributed by atoms with E-state index < -0.39 is 22.5 Å². The fraction of sp³-hybridized carbons (Fsp3) is 0.0476. The van der Waals surface area contributed by atoms with E-state index in [0.29, 0.717) is 10.6 Å². The molecule has 0 aromatic heterocycles. The summed E-state index contributed by atoms with van der Waals surface area (Å²) in [4.78, 5) is 12.5. The van der Waals surface area contributed by atoms with Crippen molar-refractivity contribution in [3.8, 4) is 0 Å². The van der Waals surface area contributed by atoms with E-state index in [1.54, 1.807) is 60.7 Å². The van der Waals surface area contributed by atoms with Gasteiger partial charge in [-0.1, -0.05) is 65.7 Å². The standard InChI is InChI=1S/C21H17Cl2N3O3S/c22-17-8-6-7-16(13-17)14-24-25-21(27)15-26(20-12-5-4-11-19(20)23)30(28,29)18-9-2-1-3-10-18/h1-14H,15H2,(H,25,27)/b24-14-. The quantitative estimate of drug-likeness (QED) is 0.419. The molecule has 0 aliphatic rings. The van der Waals surface area contributed by atoms with Crippen LogP contribution in [0.3, 0.4) is 0 Å². The molecule has 3 aromatic rings. The molecule has 3 aromatic carbocycles. The van der Waals surface area contributed by atoms with Gasteiger partial charge in [0.05, 0.1) is 21.8 Å². The third kappa shape index (κ3) is 5.38. The number of benzene rings is 3. The summed E-state index contributed by atoms with van der Waals surface area (Å²) < 4.78 is 27.3. The van der Waals surface area contributed by atoms with Crippen molar-refractivity contribution in [1.82, 2.24) is 5.43 Å². The van der Waals surface area contributed by atoms with Crippen LogP contribution in [0, 0.1) is 0 Å². The van der Waals surface area contributed by atoms with Gasteiger partial charge < -0.3 is 0 Å². The Morgan fingerprint density at radius 3 is 2.37 bits per heavy atom. The lowest BCUT2D eigenvalue weighted by Crippen LogP contribution is -2.39. The predicted molar refractivity (Wildman–Crippen MR) is 120 cm³/mol. The molecule has 3 rings (SSSR count). The first-order chi connectivity index (χ1) is 14.4. The van der Waals surface area contributed by atoms with Crippen molar-refractivity contribution in [2.24, 2.45) is 5.10 Å². The fourth-order valence-corrected chi connectivity index (χ4v) is 4.55. The molecule has 0 unspecified atom stereocenters. The Balaban J connectivity index is 1.84. The van der Waals surface area contributed by atoms with Crippen molar-refractivity contribution in [2.45, 2.75) is 4.90 Å². The highest BCUT2D eigenvalue weighted by Gasteiger charge is 2.28. The van der Waals surface area contributed by atoms with Crippen LogP contribution < -0.4 is 9.73 Å². The normalized spacial score (nSPS) is 11.4. The van der Waals surface area contributed by atoms with Crippen LogP contribution in [0.5, 0.6) is 0 Å². The average Bonchev–Trinajstić information content (AvgIpc) is 2.73. The number of hydrogen-bond donors (Lipinski definition) is 1. The van der Waals surface area contributed by atoms with Crippen LogP contribution in [0.15, 0.2) is 88.9 Å². The summed E-state index contributed by atoms with van der Waals surface area (Å²) in [5.74, 6) is -0.632. The number of rotatable bonds is 7. The zero-order valence-corrected chi connectivity index (χ0v) is 17.9. The summed E-state index contributed by atoms with van der Waals surface area (Å²) in [5, 5.41) is 4.60. The van der Waals surface area contributed by atoms with Crippen molar-refractivity contribution in [3.63, 3.8) is 0 Å². The number of carbonyl (C=O) groups is 1. The minimum atomic E-state index is -4.04. The van der Waals surface area contributed by atoms with Crippen LogP contribution in [0.1, 0.15) is 5.56 Å². The van der Waals surface area contributed by atoms with Gasteiger partial charge in [-0.05, 0) is 42.0 Å². The van der Waals surface area contributed by atoms with E-state index in [1.807, 2.05) is 0 Å². The molecule has 0 heterocycles. The highest BCUT2D eigenvalue weighted by Crippen LogP contribution is 2.30. The topological polar surface area (TPSA) is 78.8 Å². The molecule has 0 bridgehead atoms. The third-order valence-electron chi connectivity index (χ3n) is 3.99. The summed E-state index contributed by atoms with van der Waals surface area (Å²) in [6.07, 6.45) is 1.41. The molecule has 0 saturated carbocycles. The van der Waals surface area contributed by atoms with Gasteiger partial charge in [0.1, 0.15) is 6.54 Å². The monoisotopic (exact) mass is 461 g/mol. The maximum absolute atomic E-state index is 13.2. The molecule has 0 aliphatic heterocycles. The van der Waals surface area contributed by atoms with Crippen molar-refractivity contribution in [2.75, 3.05) is 10.8 Å². The van der Waals surface area contributed by atoms with Gasteiger partial charge >= 0.3 is 0 Å². The molecule has 6 nitrogen and oxygen atoms in total. The first-order valence-electron chi connectivity index (χ1n) is 8.78. The molecule has 0 fully saturated rings. The van der Waals surface area contributed by atoms with Gasteiger partial charge in [0.15, 0.2) is 0 Å². The van der Waals surface area contributed by atoms with E-state index in [9.17, 15) is 13.2 Å². The maximum atomic E-state index is 13.2. The number of amides is 1. The molecule has 154 valence electrons. The molecule has 1 amide bonds. The van der Waals surface area contributed by atoms with E-state index in [-0.39, 0.29) is 15.6 Å². The van der Waals surface area contributed by atoms with E-state index in [2.05, 4.69) is 10.5 Å². The lowest BCUT2D eigenvalue weighted by atomic mass is 10.2. The Bertz CT molecular complexity index is 1170. The van der Waals surface area contributed by atoms with Crippen LogP contribution >= 0.6 is 23.2 Å². The number of anilines is 1. The van der Waals surface area contributed by atoms with Gasteiger partial charge in [-0.2, -0.15) is 5.10 Å². The zero-order valence-electron chi connectivity index (χ0n) is 15.6. The molecular weight excluding hydrogens is 445 g/mol. The maximum Gasteiger partial charge on any atom is 0.264 e. The number of nitrogens with zero attached hydrogens (tertiary/aromatic N) is 2. The molecule has 0 spiro atoms. The Kier molecular flexibility index (Phi) is 7.10. The van der Waals surface area contributed by atoms with E-state index >= 15 is 0 Å². The largest absolute Gasteiger partial charge is 0.271 e. The summed E-state index contributed by atoms with van der Waals surface area (Å²) in [5.41, 5.74) is 3.21. The average molecular weight is 462 g/mol. The van der Waals surface area contributed by atoms with Crippen LogP contribution in [-0.2, 0) is 14.8 Å². The van der Waals surface area contributed by atoms with Crippen molar-refractivity contribution >= 4 is 51.0 Å². The highest BCUT2D eigenvalue weighted by atomic mass is 35.5. The Morgan fingerprint density at radius 2 is 1.67 bits per heavy atom. The van der Waals surface area contributed by atoms with Gasteiger partial charge in [-0.15, -0.1) is 0 Å². The molecule has 9 heteroatoms. The lowest BCUT2D eigenvalue weighted by Gasteiger charge is -2.24. The first kappa shape index (κ1) is 21.8. The van der Waals surface area contributed by atoms with Gasteiger partial charge in [0.25, 0.3) is 15.9 Å². The van der Waals surface area contributed by atoms with E-state index in [0.717, 1.165) is 4.31 Å². The second-order valence-corrected chi connectivity index (χ2v) is 8.83. The highest BCUT2D eigenvalue weighted by molar-refractivity contribution is 7.92. The fourth-order valence-electron chi connectivity index (χ4n) is 2.60. The van der Waals surface area contributed by atoms with Crippen LogP contribution in [0.25, 0.3) is 0 Å². The number of halogens is 2. The third-order valence-corrected chi connectivity index (χ3v) is 6.32. The first-order valence-corrected chi connectivity index (χ1v) is 11.0.